The number of amides is 3. The first-order valence-corrected chi connectivity index (χ1v) is 10.3. The molecule has 2 aromatic heterocycles. The van der Waals surface area contributed by atoms with Gasteiger partial charge in [0.15, 0.2) is 11.2 Å². The Morgan fingerprint density at radius 3 is 2.63 bits per heavy atom. The fourth-order valence-electron chi connectivity index (χ4n) is 3.81. The number of rotatable bonds is 6. The highest BCUT2D eigenvalue weighted by molar-refractivity contribution is 5.94. The first-order chi connectivity index (χ1) is 14.5. The molecule has 3 amide bonds. The molecule has 0 bridgehead atoms. The Morgan fingerprint density at radius 2 is 1.93 bits per heavy atom. The predicted molar refractivity (Wildman–Crippen MR) is 107 cm³/mol. The summed E-state index contributed by atoms with van der Waals surface area (Å²) in [5.41, 5.74) is 1.01. The zero-order valence-corrected chi connectivity index (χ0v) is 17.5. The Hall–Kier alpha value is -2.95. The molecule has 2 aliphatic rings. The summed E-state index contributed by atoms with van der Waals surface area (Å²) >= 11 is 0. The van der Waals surface area contributed by atoms with Crippen LogP contribution in [0.1, 0.15) is 30.9 Å². The van der Waals surface area contributed by atoms with Crippen LogP contribution in [0.4, 0.5) is 4.79 Å². The van der Waals surface area contributed by atoms with Crippen molar-refractivity contribution in [1.29, 1.82) is 0 Å². The molecule has 0 saturated carbocycles. The van der Waals surface area contributed by atoms with E-state index in [9.17, 15) is 9.59 Å². The lowest BCUT2D eigenvalue weighted by molar-refractivity contribution is -0.0147. The zero-order valence-electron chi connectivity index (χ0n) is 17.5. The van der Waals surface area contributed by atoms with E-state index in [0.717, 1.165) is 0 Å². The molecule has 2 aliphatic heterocycles. The van der Waals surface area contributed by atoms with E-state index < -0.39 is 0 Å². The summed E-state index contributed by atoms with van der Waals surface area (Å²) in [6.45, 7) is 7.19. The smallest absolute Gasteiger partial charge is 0.320 e. The summed E-state index contributed by atoms with van der Waals surface area (Å²) < 4.78 is 13.1. The average Bonchev–Trinajstić information content (AvgIpc) is 3.32. The molecule has 30 heavy (non-hydrogen) atoms. The molecule has 11 nitrogen and oxygen atoms in total. The molecular formula is C19H27N7O4. The number of urea groups is 1. The van der Waals surface area contributed by atoms with Crippen molar-refractivity contribution in [2.75, 3.05) is 39.8 Å². The quantitative estimate of drug-likeness (QED) is 0.728. The van der Waals surface area contributed by atoms with Gasteiger partial charge in [-0.25, -0.2) is 14.8 Å². The predicted octanol–water partition coefficient (Wildman–Crippen LogP) is 0.500. The van der Waals surface area contributed by atoms with Crippen LogP contribution in [0.2, 0.25) is 0 Å². The van der Waals surface area contributed by atoms with Crippen molar-refractivity contribution in [3.05, 3.63) is 12.2 Å². The SMILES string of the molecule is CCNC(=O)c1nc2c(O[C@H]3CCN(C(=O)N4CC(OC)C4)C3)ncnc2n1CC. The van der Waals surface area contributed by atoms with Crippen LogP contribution in [-0.2, 0) is 11.3 Å². The van der Waals surface area contributed by atoms with Crippen LogP contribution in [0.3, 0.4) is 0 Å². The largest absolute Gasteiger partial charge is 0.471 e. The van der Waals surface area contributed by atoms with Gasteiger partial charge in [0, 0.05) is 33.2 Å². The van der Waals surface area contributed by atoms with Gasteiger partial charge in [0.2, 0.25) is 11.7 Å². The fourth-order valence-corrected chi connectivity index (χ4v) is 3.81. The maximum Gasteiger partial charge on any atom is 0.320 e. The number of imidazole rings is 1. The molecule has 162 valence electrons. The summed E-state index contributed by atoms with van der Waals surface area (Å²) in [6.07, 6.45) is 2.06. The Bertz CT molecular complexity index is 940. The van der Waals surface area contributed by atoms with E-state index in [1.54, 1.807) is 21.5 Å². The minimum atomic E-state index is -0.259. The third-order valence-electron chi connectivity index (χ3n) is 5.50. The molecule has 1 atom stereocenters. The molecule has 2 fully saturated rings. The van der Waals surface area contributed by atoms with E-state index >= 15 is 0 Å². The summed E-state index contributed by atoms with van der Waals surface area (Å²) in [4.78, 5) is 41.5. The van der Waals surface area contributed by atoms with Gasteiger partial charge in [0.05, 0.1) is 25.7 Å². The van der Waals surface area contributed by atoms with Crippen molar-refractivity contribution in [1.82, 2.24) is 34.6 Å². The molecule has 0 unspecified atom stereocenters. The van der Waals surface area contributed by atoms with Gasteiger partial charge in [0.1, 0.15) is 12.4 Å². The number of aryl methyl sites for hydroxylation is 1. The van der Waals surface area contributed by atoms with Gasteiger partial charge in [0.25, 0.3) is 5.91 Å². The standard InChI is InChI=1S/C19H27N7O4/c1-4-20-17(27)16-23-14-15(26(16)5-2)21-11-22-18(14)30-12-6-7-24(8-12)19(28)25-9-13(10-25)29-3/h11-13H,4-10H2,1-3H3,(H,20,27)/t12-/m0/s1. The highest BCUT2D eigenvalue weighted by Crippen LogP contribution is 2.26. The van der Waals surface area contributed by atoms with Crippen LogP contribution < -0.4 is 10.1 Å². The number of carbonyl (C=O) groups excluding carboxylic acids is 2. The minimum absolute atomic E-state index is 0.0102. The number of hydrogen-bond donors (Lipinski definition) is 1. The molecule has 0 radical (unpaired) electrons. The monoisotopic (exact) mass is 417 g/mol. The molecule has 11 heteroatoms. The van der Waals surface area contributed by atoms with Crippen molar-refractivity contribution >= 4 is 23.1 Å². The van der Waals surface area contributed by atoms with E-state index in [0.29, 0.717) is 62.7 Å². The van der Waals surface area contributed by atoms with Crippen LogP contribution >= 0.6 is 0 Å². The summed E-state index contributed by atoms with van der Waals surface area (Å²) in [5.74, 6) is 0.360. The molecule has 4 heterocycles. The lowest BCUT2D eigenvalue weighted by Crippen LogP contribution is -2.58. The molecule has 0 spiro atoms. The second kappa shape index (κ2) is 8.42. The number of carbonyl (C=O) groups is 2. The number of nitrogens with zero attached hydrogens (tertiary/aromatic N) is 6. The maximum atomic E-state index is 12.6. The Kier molecular flexibility index (Phi) is 5.71. The van der Waals surface area contributed by atoms with Crippen molar-refractivity contribution in [2.45, 2.75) is 39.0 Å². The number of fused-ring (bicyclic) bond motifs is 1. The summed E-state index contributed by atoms with van der Waals surface area (Å²) in [6, 6.07) is 0.0102. The van der Waals surface area contributed by atoms with Crippen molar-refractivity contribution in [2.24, 2.45) is 0 Å². The zero-order chi connectivity index (χ0) is 21.3. The van der Waals surface area contributed by atoms with Gasteiger partial charge in [-0.3, -0.25) is 4.79 Å². The van der Waals surface area contributed by atoms with Crippen LogP contribution in [0, 0.1) is 0 Å². The van der Waals surface area contributed by atoms with Crippen molar-refractivity contribution in [3.63, 3.8) is 0 Å². The highest BCUT2D eigenvalue weighted by atomic mass is 16.5. The first-order valence-electron chi connectivity index (χ1n) is 10.3. The van der Waals surface area contributed by atoms with Crippen LogP contribution in [0.25, 0.3) is 11.2 Å². The van der Waals surface area contributed by atoms with E-state index in [1.165, 1.54) is 6.33 Å². The lowest BCUT2D eigenvalue weighted by atomic mass is 10.2. The van der Waals surface area contributed by atoms with Crippen LogP contribution in [-0.4, -0.2) is 93.3 Å². The number of likely N-dealkylation sites (tertiary alicyclic amines) is 2. The van der Waals surface area contributed by atoms with E-state index in [1.807, 2.05) is 13.8 Å². The van der Waals surface area contributed by atoms with Crippen molar-refractivity contribution < 1.29 is 19.1 Å². The topological polar surface area (TPSA) is 115 Å². The number of aromatic nitrogens is 4. The molecule has 2 aromatic rings. The van der Waals surface area contributed by atoms with E-state index in [4.69, 9.17) is 9.47 Å². The second-order valence-electron chi connectivity index (χ2n) is 7.41. The van der Waals surface area contributed by atoms with E-state index in [2.05, 4.69) is 20.3 Å². The molecular weight excluding hydrogens is 390 g/mol. The molecule has 0 aromatic carbocycles. The fraction of sp³-hybridized carbons (Fsp3) is 0.632. The van der Waals surface area contributed by atoms with Gasteiger partial charge >= 0.3 is 6.03 Å². The average molecular weight is 417 g/mol. The molecule has 1 N–H and O–H groups in total. The summed E-state index contributed by atoms with van der Waals surface area (Å²) in [5, 5.41) is 2.77. The molecule has 0 aliphatic carbocycles. The number of hydrogen-bond acceptors (Lipinski definition) is 7. The normalized spacial score (nSPS) is 19.2. The van der Waals surface area contributed by atoms with Crippen molar-refractivity contribution in [3.8, 4) is 5.88 Å². The summed E-state index contributed by atoms with van der Waals surface area (Å²) in [7, 11) is 1.66. The van der Waals surface area contributed by atoms with Gasteiger partial charge in [-0.1, -0.05) is 0 Å². The van der Waals surface area contributed by atoms with Gasteiger partial charge in [-0.2, -0.15) is 4.98 Å². The first kappa shape index (κ1) is 20.3. The van der Waals surface area contributed by atoms with Gasteiger partial charge in [-0.05, 0) is 13.8 Å². The third-order valence-corrected chi connectivity index (χ3v) is 5.50. The molecule has 4 rings (SSSR count). The van der Waals surface area contributed by atoms with Gasteiger partial charge < -0.3 is 29.2 Å². The Morgan fingerprint density at radius 1 is 1.17 bits per heavy atom. The highest BCUT2D eigenvalue weighted by Gasteiger charge is 2.37. The van der Waals surface area contributed by atoms with E-state index in [-0.39, 0.29) is 30.0 Å². The Labute approximate surface area is 174 Å². The van der Waals surface area contributed by atoms with Gasteiger partial charge in [-0.15, -0.1) is 0 Å². The number of ether oxygens (including phenoxy) is 2. The van der Waals surface area contributed by atoms with Crippen LogP contribution in [0.15, 0.2) is 6.33 Å². The maximum absolute atomic E-state index is 12.6. The minimum Gasteiger partial charge on any atom is -0.471 e. The van der Waals surface area contributed by atoms with Crippen LogP contribution in [0.5, 0.6) is 5.88 Å². The number of nitrogens with one attached hydrogen (secondary N) is 1. The second-order valence-corrected chi connectivity index (χ2v) is 7.41. The molecule has 2 saturated heterocycles. The lowest BCUT2D eigenvalue weighted by Gasteiger charge is -2.40. The Balaban J connectivity index is 1.48. The third kappa shape index (κ3) is 3.64. The number of methoxy groups -OCH3 is 1.